The van der Waals surface area contributed by atoms with Crippen LogP contribution in [-0.4, -0.2) is 25.5 Å². The van der Waals surface area contributed by atoms with Gasteiger partial charge in [-0.3, -0.25) is 4.79 Å². The second-order valence-electron chi connectivity index (χ2n) is 6.72. The highest BCUT2D eigenvalue weighted by Crippen LogP contribution is 2.43. The normalized spacial score (nSPS) is 22.2. The van der Waals surface area contributed by atoms with Crippen LogP contribution in [0.1, 0.15) is 43.2 Å². The van der Waals surface area contributed by atoms with Crippen LogP contribution >= 0.6 is 0 Å². The number of hydrogen-bond donors (Lipinski definition) is 1. The van der Waals surface area contributed by atoms with Crippen molar-refractivity contribution in [1.82, 2.24) is 5.32 Å². The molecule has 1 unspecified atom stereocenters. The van der Waals surface area contributed by atoms with E-state index < -0.39 is 11.9 Å². The standard InChI is InChI=1S/C20H21NO4/c1-11-17(20(23)24-2)18(19-14(21-11)4-3-5-15(19)22)13-7-6-12-8-9-25-16(12)10-13/h6-7,10,18,21H,3-5,8-9H2,1-2H3. The van der Waals surface area contributed by atoms with Gasteiger partial charge in [0.1, 0.15) is 5.75 Å². The number of ether oxygens (including phenoxy) is 2. The average molecular weight is 339 g/mol. The second kappa shape index (κ2) is 6.06. The first-order valence-corrected chi connectivity index (χ1v) is 8.68. The number of carbonyl (C=O) groups is 2. The van der Waals surface area contributed by atoms with Gasteiger partial charge in [-0.1, -0.05) is 12.1 Å². The van der Waals surface area contributed by atoms with Crippen LogP contribution in [0.25, 0.3) is 0 Å². The summed E-state index contributed by atoms with van der Waals surface area (Å²) in [4.78, 5) is 25.2. The van der Waals surface area contributed by atoms with Crippen LogP contribution in [0.3, 0.4) is 0 Å². The molecule has 130 valence electrons. The van der Waals surface area contributed by atoms with E-state index in [1.54, 1.807) is 0 Å². The molecule has 0 spiro atoms. The van der Waals surface area contributed by atoms with Gasteiger partial charge in [0.05, 0.1) is 19.3 Å². The summed E-state index contributed by atoms with van der Waals surface area (Å²) in [5.41, 5.74) is 4.98. The number of ketones is 1. The largest absolute Gasteiger partial charge is 0.493 e. The van der Waals surface area contributed by atoms with E-state index in [-0.39, 0.29) is 5.78 Å². The molecular weight excluding hydrogens is 318 g/mol. The number of carbonyl (C=O) groups excluding carboxylic acids is 2. The molecular formula is C20H21NO4. The van der Waals surface area contributed by atoms with Gasteiger partial charge < -0.3 is 14.8 Å². The Hall–Kier alpha value is -2.56. The Bertz CT molecular complexity index is 834. The number of dihydropyridines is 1. The molecule has 1 atom stereocenters. The zero-order chi connectivity index (χ0) is 17.6. The minimum Gasteiger partial charge on any atom is -0.493 e. The first kappa shape index (κ1) is 15.9. The molecule has 0 aromatic heterocycles. The van der Waals surface area contributed by atoms with E-state index in [4.69, 9.17) is 9.47 Å². The maximum Gasteiger partial charge on any atom is 0.336 e. The van der Waals surface area contributed by atoms with Crippen molar-refractivity contribution in [2.75, 3.05) is 13.7 Å². The van der Waals surface area contributed by atoms with Crippen LogP contribution in [0.15, 0.2) is 40.7 Å². The minimum atomic E-state index is -0.402. The lowest BCUT2D eigenvalue weighted by atomic mass is 9.75. The molecule has 4 rings (SSSR count). The van der Waals surface area contributed by atoms with E-state index in [1.165, 1.54) is 12.7 Å². The molecule has 3 aliphatic rings. The number of fused-ring (bicyclic) bond motifs is 1. The van der Waals surface area contributed by atoms with Crippen molar-refractivity contribution in [3.05, 3.63) is 51.9 Å². The first-order valence-electron chi connectivity index (χ1n) is 8.68. The molecule has 5 heteroatoms. The maximum atomic E-state index is 12.7. The molecule has 1 aliphatic carbocycles. The highest BCUT2D eigenvalue weighted by molar-refractivity contribution is 6.03. The van der Waals surface area contributed by atoms with E-state index in [9.17, 15) is 9.59 Å². The fourth-order valence-electron chi connectivity index (χ4n) is 4.06. The van der Waals surface area contributed by atoms with Crippen LogP contribution in [0, 0.1) is 0 Å². The summed E-state index contributed by atoms with van der Waals surface area (Å²) in [5.74, 6) is 0.157. The number of benzene rings is 1. The van der Waals surface area contributed by atoms with Gasteiger partial charge in [-0.15, -0.1) is 0 Å². The predicted octanol–water partition coefficient (Wildman–Crippen LogP) is 2.76. The van der Waals surface area contributed by atoms with Gasteiger partial charge in [-0.05, 0) is 37.0 Å². The minimum absolute atomic E-state index is 0.106. The molecule has 1 aromatic rings. The number of methoxy groups -OCH3 is 1. The second-order valence-corrected chi connectivity index (χ2v) is 6.72. The number of allylic oxidation sites excluding steroid dienone is 3. The quantitative estimate of drug-likeness (QED) is 0.840. The molecule has 1 aromatic carbocycles. The maximum absolute atomic E-state index is 12.7. The molecule has 0 saturated heterocycles. The topological polar surface area (TPSA) is 64.6 Å². The molecule has 0 bridgehead atoms. The van der Waals surface area contributed by atoms with Crippen LogP contribution < -0.4 is 10.1 Å². The van der Waals surface area contributed by atoms with Crippen molar-refractivity contribution in [3.63, 3.8) is 0 Å². The Morgan fingerprint density at radius 1 is 1.28 bits per heavy atom. The van der Waals surface area contributed by atoms with Crippen LogP contribution in [-0.2, 0) is 20.7 Å². The third-order valence-electron chi connectivity index (χ3n) is 5.23. The average Bonchev–Trinajstić information content (AvgIpc) is 3.07. The monoisotopic (exact) mass is 339 g/mol. The first-order chi connectivity index (χ1) is 12.1. The Morgan fingerprint density at radius 2 is 2.12 bits per heavy atom. The Labute approximate surface area is 146 Å². The van der Waals surface area contributed by atoms with Gasteiger partial charge >= 0.3 is 5.97 Å². The Kier molecular flexibility index (Phi) is 3.86. The van der Waals surface area contributed by atoms with Gasteiger partial charge in [0.25, 0.3) is 0 Å². The lowest BCUT2D eigenvalue weighted by molar-refractivity contribution is -0.136. The van der Waals surface area contributed by atoms with Gasteiger partial charge in [-0.25, -0.2) is 4.79 Å². The van der Waals surface area contributed by atoms with Crippen molar-refractivity contribution in [2.45, 2.75) is 38.5 Å². The van der Waals surface area contributed by atoms with Crippen molar-refractivity contribution >= 4 is 11.8 Å². The summed E-state index contributed by atoms with van der Waals surface area (Å²) in [5, 5.41) is 3.27. The van der Waals surface area contributed by atoms with Crippen molar-refractivity contribution in [1.29, 1.82) is 0 Å². The van der Waals surface area contributed by atoms with Gasteiger partial charge in [0, 0.05) is 35.7 Å². The molecule has 25 heavy (non-hydrogen) atoms. The van der Waals surface area contributed by atoms with Crippen LogP contribution in [0.5, 0.6) is 5.75 Å². The molecule has 0 fully saturated rings. The zero-order valence-corrected chi connectivity index (χ0v) is 14.5. The van der Waals surface area contributed by atoms with E-state index in [2.05, 4.69) is 5.32 Å². The number of Topliss-reactive ketones (excluding diaryl/α,β-unsaturated/α-hetero) is 1. The van der Waals surface area contributed by atoms with E-state index in [0.717, 1.165) is 42.0 Å². The molecule has 0 radical (unpaired) electrons. The number of hydrogen-bond acceptors (Lipinski definition) is 5. The van der Waals surface area contributed by atoms with Gasteiger partial charge in [0.2, 0.25) is 0 Å². The fraction of sp³-hybridized carbons (Fsp3) is 0.400. The fourth-order valence-corrected chi connectivity index (χ4v) is 4.06. The van der Waals surface area contributed by atoms with Crippen LogP contribution in [0.4, 0.5) is 0 Å². The molecule has 0 saturated carbocycles. The third-order valence-corrected chi connectivity index (χ3v) is 5.23. The van der Waals surface area contributed by atoms with Crippen molar-refractivity contribution in [3.8, 4) is 5.75 Å². The van der Waals surface area contributed by atoms with Crippen molar-refractivity contribution < 1.29 is 19.1 Å². The molecule has 1 N–H and O–H groups in total. The summed E-state index contributed by atoms with van der Waals surface area (Å²) >= 11 is 0. The lowest BCUT2D eigenvalue weighted by Gasteiger charge is -2.34. The summed E-state index contributed by atoms with van der Waals surface area (Å²) < 4.78 is 10.7. The van der Waals surface area contributed by atoms with Crippen LogP contribution in [0.2, 0.25) is 0 Å². The number of nitrogens with one attached hydrogen (secondary N) is 1. The zero-order valence-electron chi connectivity index (χ0n) is 14.5. The SMILES string of the molecule is COC(=O)C1=C(C)NC2=C(C(=O)CCC2)C1c1ccc2c(c1)OCC2. The van der Waals surface area contributed by atoms with Crippen molar-refractivity contribution in [2.24, 2.45) is 0 Å². The van der Waals surface area contributed by atoms with E-state index >= 15 is 0 Å². The smallest absolute Gasteiger partial charge is 0.336 e. The summed E-state index contributed by atoms with van der Waals surface area (Å²) in [7, 11) is 1.37. The number of esters is 1. The summed E-state index contributed by atoms with van der Waals surface area (Å²) in [6.45, 7) is 2.54. The number of rotatable bonds is 2. The molecule has 5 nitrogen and oxygen atoms in total. The summed E-state index contributed by atoms with van der Waals surface area (Å²) in [6.07, 6.45) is 3.08. The highest BCUT2D eigenvalue weighted by Gasteiger charge is 2.39. The molecule has 2 heterocycles. The Balaban J connectivity index is 1.88. The predicted molar refractivity (Wildman–Crippen MR) is 92.1 cm³/mol. The third kappa shape index (κ3) is 2.54. The van der Waals surface area contributed by atoms with Gasteiger partial charge in [-0.2, -0.15) is 0 Å². The highest BCUT2D eigenvalue weighted by atomic mass is 16.5. The lowest BCUT2D eigenvalue weighted by Crippen LogP contribution is -2.34. The summed E-state index contributed by atoms with van der Waals surface area (Å²) in [6, 6.07) is 6.02. The molecule has 0 amide bonds. The van der Waals surface area contributed by atoms with E-state index in [0.29, 0.717) is 24.2 Å². The van der Waals surface area contributed by atoms with Gasteiger partial charge in [0.15, 0.2) is 5.78 Å². The Morgan fingerprint density at radius 3 is 2.92 bits per heavy atom. The molecule has 2 aliphatic heterocycles. The van der Waals surface area contributed by atoms with E-state index in [1.807, 2.05) is 25.1 Å².